The number of esters is 1. The fourth-order valence-electron chi connectivity index (χ4n) is 1.39. The van der Waals surface area contributed by atoms with Crippen LogP contribution in [0, 0.1) is 18.3 Å². The molecule has 1 amide bonds. The van der Waals surface area contributed by atoms with Crippen LogP contribution in [0.15, 0.2) is 22.0 Å². The molecule has 0 aliphatic rings. The molecule has 1 N–H and O–H groups in total. The van der Waals surface area contributed by atoms with Crippen LogP contribution in [-0.2, 0) is 14.3 Å². The number of anilines is 1. The monoisotopic (exact) mass is 321 g/mol. The third-order valence-corrected chi connectivity index (χ3v) is 3.18. The number of rotatable bonds is 6. The fourth-order valence-corrected chi connectivity index (χ4v) is 2.14. The third-order valence-electron chi connectivity index (χ3n) is 2.35. The molecule has 0 aliphatic carbocycles. The smallest absolute Gasteiger partial charge is 0.344 e. The molecule has 0 saturated heterocycles. The molecule has 9 heteroatoms. The highest BCUT2D eigenvalue weighted by atomic mass is 32.1. The van der Waals surface area contributed by atoms with Crippen LogP contribution in [0.3, 0.4) is 0 Å². The van der Waals surface area contributed by atoms with Gasteiger partial charge in [-0.05, 0) is 23.5 Å². The first kappa shape index (κ1) is 15.5. The van der Waals surface area contributed by atoms with Crippen molar-refractivity contribution in [2.24, 2.45) is 0 Å². The zero-order chi connectivity index (χ0) is 15.9. The Morgan fingerprint density at radius 1 is 1.50 bits per heavy atom. The molecular weight excluding hydrogens is 310 g/mol. The Bertz CT molecular complexity index is 715. The highest BCUT2D eigenvalue weighted by Gasteiger charge is 2.12. The van der Waals surface area contributed by atoms with Crippen molar-refractivity contribution in [3.8, 4) is 11.9 Å². The summed E-state index contributed by atoms with van der Waals surface area (Å²) in [6, 6.07) is 5.04. The lowest BCUT2D eigenvalue weighted by atomic mass is 10.3. The van der Waals surface area contributed by atoms with Crippen molar-refractivity contribution < 1.29 is 23.6 Å². The van der Waals surface area contributed by atoms with Gasteiger partial charge < -0.3 is 19.3 Å². The second-order valence-electron chi connectivity index (χ2n) is 4.05. The summed E-state index contributed by atoms with van der Waals surface area (Å²) in [5.74, 6) is -0.546. The van der Waals surface area contributed by atoms with E-state index >= 15 is 0 Å². The van der Waals surface area contributed by atoms with E-state index in [9.17, 15) is 9.59 Å². The second-order valence-corrected chi connectivity index (χ2v) is 4.96. The van der Waals surface area contributed by atoms with E-state index < -0.39 is 18.5 Å². The SMILES string of the molecule is Cc1cc(OCC(=O)OCC(=O)Nc2sccc2C#N)no1. The van der Waals surface area contributed by atoms with Gasteiger partial charge in [-0.2, -0.15) is 5.26 Å². The van der Waals surface area contributed by atoms with Crippen LogP contribution in [0.25, 0.3) is 0 Å². The molecule has 22 heavy (non-hydrogen) atoms. The Hall–Kier alpha value is -2.86. The summed E-state index contributed by atoms with van der Waals surface area (Å²) in [5.41, 5.74) is 0.356. The molecule has 0 unspecified atom stereocenters. The normalized spacial score (nSPS) is 9.82. The summed E-state index contributed by atoms with van der Waals surface area (Å²) in [6.07, 6.45) is 0. The van der Waals surface area contributed by atoms with E-state index in [-0.39, 0.29) is 12.5 Å². The van der Waals surface area contributed by atoms with Gasteiger partial charge in [0.25, 0.3) is 11.8 Å². The molecular formula is C13H11N3O5S. The Kier molecular flexibility index (Phi) is 5.11. The van der Waals surface area contributed by atoms with Crippen LogP contribution in [0.5, 0.6) is 5.88 Å². The van der Waals surface area contributed by atoms with Crippen molar-refractivity contribution in [2.75, 3.05) is 18.5 Å². The fraction of sp³-hybridized carbons (Fsp3) is 0.231. The largest absolute Gasteiger partial charge is 0.463 e. The average Bonchev–Trinajstić information content (AvgIpc) is 3.11. The molecule has 2 rings (SSSR count). The highest BCUT2D eigenvalue weighted by Crippen LogP contribution is 2.21. The lowest BCUT2D eigenvalue weighted by molar-refractivity contribution is -0.149. The number of ether oxygens (including phenoxy) is 2. The molecule has 0 bridgehead atoms. The number of amides is 1. The Morgan fingerprint density at radius 3 is 3.00 bits per heavy atom. The maximum Gasteiger partial charge on any atom is 0.344 e. The van der Waals surface area contributed by atoms with Crippen LogP contribution in [0.2, 0.25) is 0 Å². The van der Waals surface area contributed by atoms with Gasteiger partial charge in [-0.15, -0.1) is 11.3 Å². The number of nitriles is 1. The molecule has 2 aromatic rings. The molecule has 0 atom stereocenters. The van der Waals surface area contributed by atoms with E-state index in [1.807, 2.05) is 6.07 Å². The maximum absolute atomic E-state index is 11.6. The van der Waals surface area contributed by atoms with Gasteiger partial charge in [-0.25, -0.2) is 4.79 Å². The van der Waals surface area contributed by atoms with Gasteiger partial charge in [0.15, 0.2) is 13.2 Å². The molecule has 0 fully saturated rings. The minimum Gasteiger partial charge on any atom is -0.463 e. The van der Waals surface area contributed by atoms with E-state index in [1.54, 1.807) is 18.4 Å². The van der Waals surface area contributed by atoms with Crippen LogP contribution in [-0.4, -0.2) is 30.2 Å². The number of carbonyl (C=O) groups excluding carboxylic acids is 2. The quantitative estimate of drug-likeness (QED) is 0.801. The van der Waals surface area contributed by atoms with Gasteiger partial charge in [0, 0.05) is 6.07 Å². The number of aryl methyl sites for hydroxylation is 1. The van der Waals surface area contributed by atoms with Gasteiger partial charge in [0.2, 0.25) is 0 Å². The standard InChI is InChI=1S/C13H11N3O5S/c1-8-4-11(16-21-8)19-7-12(18)20-6-10(17)15-13-9(5-14)2-3-22-13/h2-4H,6-7H2,1H3,(H,15,17). The zero-order valence-corrected chi connectivity index (χ0v) is 12.3. The summed E-state index contributed by atoms with van der Waals surface area (Å²) >= 11 is 1.21. The van der Waals surface area contributed by atoms with E-state index in [2.05, 4.69) is 10.5 Å². The Balaban J connectivity index is 1.72. The summed E-state index contributed by atoms with van der Waals surface area (Å²) in [4.78, 5) is 23.0. The van der Waals surface area contributed by atoms with Gasteiger partial charge >= 0.3 is 5.97 Å². The van der Waals surface area contributed by atoms with Crippen LogP contribution < -0.4 is 10.1 Å². The molecule has 2 aromatic heterocycles. The number of nitrogens with one attached hydrogen (secondary N) is 1. The van der Waals surface area contributed by atoms with Gasteiger partial charge in [0.05, 0.1) is 5.56 Å². The molecule has 0 aliphatic heterocycles. The topological polar surface area (TPSA) is 114 Å². The van der Waals surface area contributed by atoms with Crippen LogP contribution in [0.4, 0.5) is 5.00 Å². The first-order chi connectivity index (χ1) is 10.6. The molecule has 0 saturated carbocycles. The van der Waals surface area contributed by atoms with Gasteiger partial charge in [-0.3, -0.25) is 4.79 Å². The molecule has 0 aromatic carbocycles. The number of aromatic nitrogens is 1. The first-order valence-corrected chi connectivity index (χ1v) is 6.95. The molecule has 0 spiro atoms. The van der Waals surface area contributed by atoms with Crippen molar-refractivity contribution in [3.05, 3.63) is 28.8 Å². The lowest BCUT2D eigenvalue weighted by Gasteiger charge is -2.05. The van der Waals surface area contributed by atoms with Crippen LogP contribution in [0.1, 0.15) is 11.3 Å². The minimum absolute atomic E-state index is 0.163. The molecule has 114 valence electrons. The summed E-state index contributed by atoms with van der Waals surface area (Å²) in [6.45, 7) is 0.826. The number of hydrogen-bond donors (Lipinski definition) is 1. The van der Waals surface area contributed by atoms with Gasteiger partial charge in [-0.1, -0.05) is 0 Å². The first-order valence-electron chi connectivity index (χ1n) is 6.07. The summed E-state index contributed by atoms with van der Waals surface area (Å²) < 4.78 is 14.5. The third kappa shape index (κ3) is 4.32. The van der Waals surface area contributed by atoms with E-state index in [0.717, 1.165) is 0 Å². The number of hydrogen-bond acceptors (Lipinski definition) is 8. The van der Waals surface area contributed by atoms with Crippen molar-refractivity contribution in [1.29, 1.82) is 5.26 Å². The van der Waals surface area contributed by atoms with E-state index in [0.29, 0.717) is 16.3 Å². The highest BCUT2D eigenvalue weighted by molar-refractivity contribution is 7.14. The van der Waals surface area contributed by atoms with Crippen molar-refractivity contribution in [1.82, 2.24) is 5.16 Å². The van der Waals surface area contributed by atoms with Crippen LogP contribution >= 0.6 is 11.3 Å². The predicted molar refractivity (Wildman–Crippen MR) is 75.4 cm³/mol. The Morgan fingerprint density at radius 2 is 2.32 bits per heavy atom. The predicted octanol–water partition coefficient (Wildman–Crippen LogP) is 1.48. The average molecular weight is 321 g/mol. The minimum atomic E-state index is -0.720. The molecule has 2 heterocycles. The molecule has 0 radical (unpaired) electrons. The lowest BCUT2D eigenvalue weighted by Crippen LogP contribution is -2.23. The maximum atomic E-state index is 11.6. The van der Waals surface area contributed by atoms with Crippen molar-refractivity contribution >= 4 is 28.2 Å². The van der Waals surface area contributed by atoms with E-state index in [4.69, 9.17) is 19.3 Å². The Labute approximate surface area is 129 Å². The number of carbonyl (C=O) groups is 2. The second kappa shape index (κ2) is 7.24. The van der Waals surface area contributed by atoms with E-state index in [1.165, 1.54) is 17.4 Å². The van der Waals surface area contributed by atoms with Gasteiger partial charge in [0.1, 0.15) is 16.8 Å². The number of nitrogens with zero attached hydrogens (tertiary/aromatic N) is 2. The molecule has 8 nitrogen and oxygen atoms in total. The zero-order valence-electron chi connectivity index (χ0n) is 11.5. The van der Waals surface area contributed by atoms with Crippen molar-refractivity contribution in [2.45, 2.75) is 6.92 Å². The summed E-state index contributed by atoms with van der Waals surface area (Å²) in [5, 5.41) is 16.9. The number of thiophene rings is 1. The summed E-state index contributed by atoms with van der Waals surface area (Å²) in [7, 11) is 0. The van der Waals surface area contributed by atoms with Crippen molar-refractivity contribution in [3.63, 3.8) is 0 Å².